The molecule has 0 amide bonds. The van der Waals surface area contributed by atoms with Crippen LogP contribution >= 0.6 is 0 Å². The number of aryl methyl sites for hydroxylation is 1. The predicted molar refractivity (Wildman–Crippen MR) is 124 cm³/mol. The van der Waals surface area contributed by atoms with Gasteiger partial charge in [-0.15, -0.1) is 0 Å². The van der Waals surface area contributed by atoms with Crippen molar-refractivity contribution in [1.29, 1.82) is 0 Å². The number of benzene rings is 4. The van der Waals surface area contributed by atoms with Gasteiger partial charge in [0.1, 0.15) is 18.1 Å². The van der Waals surface area contributed by atoms with Crippen molar-refractivity contribution in [3.8, 4) is 22.6 Å². The lowest BCUT2D eigenvalue weighted by Crippen LogP contribution is -2.01. The summed E-state index contributed by atoms with van der Waals surface area (Å²) in [6.07, 6.45) is 0. The van der Waals surface area contributed by atoms with E-state index in [4.69, 9.17) is 9.47 Å². The van der Waals surface area contributed by atoms with Gasteiger partial charge in [0.05, 0.1) is 7.11 Å². The molecule has 3 heteroatoms. The van der Waals surface area contributed by atoms with Crippen LogP contribution in [0.4, 0.5) is 0 Å². The summed E-state index contributed by atoms with van der Waals surface area (Å²) in [7, 11) is 1.67. The highest BCUT2D eigenvalue weighted by atomic mass is 16.5. The summed E-state index contributed by atoms with van der Waals surface area (Å²) in [5, 5.41) is 0. The molecule has 0 heterocycles. The van der Waals surface area contributed by atoms with Gasteiger partial charge in [0.2, 0.25) is 0 Å². The van der Waals surface area contributed by atoms with E-state index in [1.165, 1.54) is 0 Å². The molecule has 3 nitrogen and oxygen atoms in total. The molecule has 0 aliphatic heterocycles. The lowest BCUT2D eigenvalue weighted by Gasteiger charge is -2.09. The molecule has 4 aromatic carbocycles. The fraction of sp³-hybridized carbons (Fsp3) is 0.107. The average molecular weight is 408 g/mol. The Kier molecular flexibility index (Phi) is 6.13. The van der Waals surface area contributed by atoms with Gasteiger partial charge < -0.3 is 9.47 Å². The maximum absolute atomic E-state index is 12.6. The van der Waals surface area contributed by atoms with Gasteiger partial charge in [-0.3, -0.25) is 4.79 Å². The van der Waals surface area contributed by atoms with Crippen molar-refractivity contribution in [2.75, 3.05) is 7.11 Å². The van der Waals surface area contributed by atoms with Gasteiger partial charge in [-0.2, -0.15) is 0 Å². The number of carbonyl (C=O) groups is 1. The van der Waals surface area contributed by atoms with Crippen molar-refractivity contribution in [3.05, 3.63) is 119 Å². The first-order valence-corrected chi connectivity index (χ1v) is 10.2. The average Bonchev–Trinajstić information content (AvgIpc) is 2.83. The van der Waals surface area contributed by atoms with Gasteiger partial charge in [0.15, 0.2) is 5.78 Å². The molecule has 0 saturated heterocycles. The molecule has 0 aliphatic rings. The summed E-state index contributed by atoms with van der Waals surface area (Å²) in [5.74, 6) is 1.60. The summed E-state index contributed by atoms with van der Waals surface area (Å²) < 4.78 is 11.1. The molecule has 154 valence electrons. The van der Waals surface area contributed by atoms with Crippen molar-refractivity contribution < 1.29 is 14.3 Å². The van der Waals surface area contributed by atoms with Crippen LogP contribution in [0.15, 0.2) is 97.1 Å². The minimum Gasteiger partial charge on any atom is -0.497 e. The van der Waals surface area contributed by atoms with Crippen molar-refractivity contribution in [1.82, 2.24) is 0 Å². The van der Waals surface area contributed by atoms with Crippen LogP contribution in [-0.2, 0) is 6.61 Å². The Morgan fingerprint density at radius 2 is 1.13 bits per heavy atom. The highest BCUT2D eigenvalue weighted by Gasteiger charge is 2.09. The van der Waals surface area contributed by atoms with Crippen LogP contribution in [-0.4, -0.2) is 12.9 Å². The third-order valence-electron chi connectivity index (χ3n) is 5.21. The van der Waals surface area contributed by atoms with Crippen molar-refractivity contribution >= 4 is 5.78 Å². The Hall–Kier alpha value is -3.85. The Morgan fingerprint density at radius 3 is 1.68 bits per heavy atom. The molecule has 0 saturated carbocycles. The van der Waals surface area contributed by atoms with Gasteiger partial charge in [-0.1, -0.05) is 66.2 Å². The number of hydrogen-bond acceptors (Lipinski definition) is 3. The summed E-state index contributed by atoms with van der Waals surface area (Å²) >= 11 is 0. The molecule has 0 atom stereocenters. The van der Waals surface area contributed by atoms with E-state index in [0.717, 1.165) is 33.8 Å². The Balaban J connectivity index is 1.36. The van der Waals surface area contributed by atoms with Gasteiger partial charge >= 0.3 is 0 Å². The third-order valence-corrected chi connectivity index (χ3v) is 5.21. The van der Waals surface area contributed by atoms with E-state index in [9.17, 15) is 4.79 Å². The molecule has 4 aromatic rings. The Morgan fingerprint density at radius 1 is 0.645 bits per heavy atom. The van der Waals surface area contributed by atoms with E-state index in [-0.39, 0.29) is 5.78 Å². The third kappa shape index (κ3) is 5.01. The van der Waals surface area contributed by atoms with Crippen molar-refractivity contribution in [2.24, 2.45) is 0 Å². The molecule has 4 rings (SSSR count). The van der Waals surface area contributed by atoms with E-state index in [1.807, 2.05) is 79.7 Å². The van der Waals surface area contributed by atoms with Crippen LogP contribution in [0, 0.1) is 6.92 Å². The van der Waals surface area contributed by atoms with E-state index in [2.05, 4.69) is 24.3 Å². The number of carbonyl (C=O) groups excluding carboxylic acids is 1. The topological polar surface area (TPSA) is 35.5 Å². The molecule has 0 spiro atoms. The van der Waals surface area contributed by atoms with Gasteiger partial charge in [-0.25, -0.2) is 0 Å². The predicted octanol–water partition coefficient (Wildman–Crippen LogP) is 6.48. The fourth-order valence-corrected chi connectivity index (χ4v) is 3.32. The fourth-order valence-electron chi connectivity index (χ4n) is 3.32. The maximum atomic E-state index is 12.6. The van der Waals surface area contributed by atoms with Crippen LogP contribution in [0.3, 0.4) is 0 Å². The van der Waals surface area contributed by atoms with E-state index in [0.29, 0.717) is 17.7 Å². The molecule has 0 fully saturated rings. The summed E-state index contributed by atoms with van der Waals surface area (Å²) in [6, 6.07) is 31.2. The number of hydrogen-bond donors (Lipinski definition) is 0. The van der Waals surface area contributed by atoms with E-state index < -0.39 is 0 Å². The summed E-state index contributed by atoms with van der Waals surface area (Å²) in [6.45, 7) is 2.47. The summed E-state index contributed by atoms with van der Waals surface area (Å²) in [4.78, 5) is 12.6. The monoisotopic (exact) mass is 408 g/mol. The standard InChI is InChI=1S/C28H24O3/c1-20-3-7-24(8-4-20)28(29)25-13-17-27(18-14-25)31-19-21-5-9-22(10-6-21)23-11-15-26(30-2)16-12-23/h3-18H,19H2,1-2H3. The SMILES string of the molecule is COc1ccc(-c2ccc(COc3ccc(C(=O)c4ccc(C)cc4)cc3)cc2)cc1. The van der Waals surface area contributed by atoms with Crippen molar-refractivity contribution in [3.63, 3.8) is 0 Å². The van der Waals surface area contributed by atoms with Crippen LogP contribution in [0.2, 0.25) is 0 Å². The van der Waals surface area contributed by atoms with Crippen LogP contribution < -0.4 is 9.47 Å². The van der Waals surface area contributed by atoms with Gasteiger partial charge in [0.25, 0.3) is 0 Å². The molecule has 31 heavy (non-hydrogen) atoms. The Labute approximate surface area is 182 Å². The highest BCUT2D eigenvalue weighted by Crippen LogP contribution is 2.23. The first kappa shape index (κ1) is 20.4. The highest BCUT2D eigenvalue weighted by molar-refractivity contribution is 6.09. The van der Waals surface area contributed by atoms with Crippen LogP contribution in [0.5, 0.6) is 11.5 Å². The van der Waals surface area contributed by atoms with Gasteiger partial charge in [-0.05, 0) is 60.0 Å². The van der Waals surface area contributed by atoms with Crippen molar-refractivity contribution in [2.45, 2.75) is 13.5 Å². The first-order valence-electron chi connectivity index (χ1n) is 10.2. The molecule has 0 aliphatic carbocycles. The molecular weight excluding hydrogens is 384 g/mol. The second kappa shape index (κ2) is 9.31. The largest absolute Gasteiger partial charge is 0.497 e. The van der Waals surface area contributed by atoms with Crippen LogP contribution in [0.1, 0.15) is 27.0 Å². The second-order valence-electron chi connectivity index (χ2n) is 7.43. The molecule has 0 unspecified atom stereocenters. The number of rotatable bonds is 7. The summed E-state index contributed by atoms with van der Waals surface area (Å²) in [5.41, 5.74) is 5.85. The number of methoxy groups -OCH3 is 1. The molecule has 0 N–H and O–H groups in total. The lowest BCUT2D eigenvalue weighted by atomic mass is 10.0. The number of ketones is 1. The minimum absolute atomic E-state index is 0.0145. The van der Waals surface area contributed by atoms with E-state index >= 15 is 0 Å². The van der Waals surface area contributed by atoms with Gasteiger partial charge in [0, 0.05) is 11.1 Å². The quantitative estimate of drug-likeness (QED) is 0.328. The maximum Gasteiger partial charge on any atom is 0.193 e. The lowest BCUT2D eigenvalue weighted by molar-refractivity contribution is 0.103. The normalized spacial score (nSPS) is 10.5. The minimum atomic E-state index is 0.0145. The zero-order valence-corrected chi connectivity index (χ0v) is 17.7. The van der Waals surface area contributed by atoms with Crippen LogP contribution in [0.25, 0.3) is 11.1 Å². The number of ether oxygens (including phenoxy) is 2. The van der Waals surface area contributed by atoms with E-state index in [1.54, 1.807) is 7.11 Å². The smallest absolute Gasteiger partial charge is 0.193 e. The first-order chi connectivity index (χ1) is 15.1. The zero-order chi connectivity index (χ0) is 21.6. The Bertz CT molecular complexity index is 1140. The molecule has 0 radical (unpaired) electrons. The molecule has 0 bridgehead atoms. The molecular formula is C28H24O3. The zero-order valence-electron chi connectivity index (χ0n) is 17.7. The second-order valence-corrected chi connectivity index (χ2v) is 7.43. The molecule has 0 aromatic heterocycles.